The molecular formula is C25H30N4O13. The molecule has 1 aromatic carbocycles. The largest absolute Gasteiger partial charge is 0.479 e. The third-order valence-electron chi connectivity index (χ3n) is 6.15. The van der Waals surface area contributed by atoms with E-state index in [0.717, 1.165) is 12.2 Å². The van der Waals surface area contributed by atoms with E-state index in [9.17, 15) is 49.2 Å². The SMILES string of the molecule is CC(=O)OCc1ccc(O[C@H]2O[C@@H](C(=O)O)[C@H](O)[C@@H](O)[C@@H]2O)c(NC(=O)CCNC(=O)C(CN)N2C(=O)C=CC2=O)c1. The van der Waals surface area contributed by atoms with Gasteiger partial charge < -0.3 is 51.0 Å². The van der Waals surface area contributed by atoms with Gasteiger partial charge in [-0.1, -0.05) is 6.07 Å². The second-order valence-electron chi connectivity index (χ2n) is 9.18. The molecule has 1 fully saturated rings. The molecule has 0 aliphatic carbocycles. The molecule has 8 N–H and O–H groups in total. The van der Waals surface area contributed by atoms with E-state index in [4.69, 9.17) is 19.9 Å². The van der Waals surface area contributed by atoms with Crippen LogP contribution in [0.5, 0.6) is 5.75 Å². The second-order valence-corrected chi connectivity index (χ2v) is 9.18. The van der Waals surface area contributed by atoms with Gasteiger partial charge in [-0.3, -0.25) is 28.9 Å². The summed E-state index contributed by atoms with van der Waals surface area (Å²) in [5.74, 6) is -5.19. The second kappa shape index (κ2) is 14.0. The number of rotatable bonds is 12. The summed E-state index contributed by atoms with van der Waals surface area (Å²) in [7, 11) is 0. The molecule has 4 amide bonds. The number of nitrogens with one attached hydrogen (secondary N) is 2. The summed E-state index contributed by atoms with van der Waals surface area (Å²) in [5, 5.41) is 44.4. The maximum absolute atomic E-state index is 12.7. The molecule has 0 radical (unpaired) electrons. The molecule has 0 bridgehead atoms. The zero-order chi connectivity index (χ0) is 31.1. The highest BCUT2D eigenvalue weighted by Gasteiger charge is 2.48. The third kappa shape index (κ3) is 7.65. The number of hydrogen-bond donors (Lipinski definition) is 7. The number of carbonyl (C=O) groups is 6. The molecule has 2 aliphatic rings. The number of hydrogen-bond acceptors (Lipinski definition) is 13. The van der Waals surface area contributed by atoms with E-state index >= 15 is 0 Å². The molecule has 2 aliphatic heterocycles. The highest BCUT2D eigenvalue weighted by molar-refractivity contribution is 6.15. The molecule has 42 heavy (non-hydrogen) atoms. The average Bonchev–Trinajstić information content (AvgIpc) is 3.26. The summed E-state index contributed by atoms with van der Waals surface area (Å²) in [6.45, 7) is 0.419. The summed E-state index contributed by atoms with van der Waals surface area (Å²) < 4.78 is 15.6. The molecule has 6 atom stereocenters. The Morgan fingerprint density at radius 2 is 1.74 bits per heavy atom. The van der Waals surface area contributed by atoms with Crippen molar-refractivity contribution in [1.82, 2.24) is 10.2 Å². The monoisotopic (exact) mass is 594 g/mol. The highest BCUT2D eigenvalue weighted by Crippen LogP contribution is 2.31. The predicted molar refractivity (Wildman–Crippen MR) is 137 cm³/mol. The van der Waals surface area contributed by atoms with Crippen molar-refractivity contribution >= 4 is 41.3 Å². The van der Waals surface area contributed by atoms with Gasteiger partial charge in [-0.25, -0.2) is 4.79 Å². The first-order chi connectivity index (χ1) is 19.8. The van der Waals surface area contributed by atoms with Crippen LogP contribution in [-0.2, 0) is 44.8 Å². The summed E-state index contributed by atoms with van der Waals surface area (Å²) in [6, 6.07) is 2.80. The zero-order valence-electron chi connectivity index (χ0n) is 22.2. The third-order valence-corrected chi connectivity index (χ3v) is 6.15. The van der Waals surface area contributed by atoms with Crippen LogP contribution in [0, 0.1) is 0 Å². The van der Waals surface area contributed by atoms with Crippen LogP contribution in [0.1, 0.15) is 18.9 Å². The van der Waals surface area contributed by atoms with Crippen LogP contribution in [0.4, 0.5) is 5.69 Å². The van der Waals surface area contributed by atoms with E-state index in [2.05, 4.69) is 10.6 Å². The zero-order valence-corrected chi connectivity index (χ0v) is 22.2. The molecule has 2 heterocycles. The Hall–Kier alpha value is -4.42. The maximum atomic E-state index is 12.7. The maximum Gasteiger partial charge on any atom is 0.335 e. The first kappa shape index (κ1) is 32.1. The quantitative estimate of drug-likeness (QED) is 0.0924. The van der Waals surface area contributed by atoms with Crippen LogP contribution >= 0.6 is 0 Å². The van der Waals surface area contributed by atoms with Crippen molar-refractivity contribution in [2.45, 2.75) is 56.7 Å². The number of aliphatic carboxylic acids is 1. The number of amides is 4. The first-order valence-corrected chi connectivity index (χ1v) is 12.5. The van der Waals surface area contributed by atoms with Gasteiger partial charge in [0.1, 0.15) is 36.7 Å². The Bertz CT molecular complexity index is 1250. The molecule has 1 unspecified atom stereocenters. The Labute approximate surface area is 237 Å². The molecule has 1 aromatic rings. The minimum atomic E-state index is -1.95. The van der Waals surface area contributed by atoms with Crippen LogP contribution < -0.4 is 21.1 Å². The van der Waals surface area contributed by atoms with Crippen molar-refractivity contribution in [1.29, 1.82) is 0 Å². The number of carboxylic acids is 1. The number of carbonyl (C=O) groups excluding carboxylic acids is 5. The number of carboxylic acid groups (broad SMARTS) is 1. The minimum Gasteiger partial charge on any atom is -0.479 e. The van der Waals surface area contributed by atoms with E-state index in [1.807, 2.05) is 0 Å². The molecule has 3 rings (SSSR count). The van der Waals surface area contributed by atoms with Gasteiger partial charge in [-0.05, 0) is 17.7 Å². The van der Waals surface area contributed by atoms with E-state index in [-0.39, 0.29) is 37.6 Å². The summed E-state index contributed by atoms with van der Waals surface area (Å²) in [5.41, 5.74) is 5.91. The lowest BCUT2D eigenvalue weighted by atomic mass is 9.99. The smallest absolute Gasteiger partial charge is 0.335 e. The fourth-order valence-corrected chi connectivity index (χ4v) is 4.01. The van der Waals surface area contributed by atoms with E-state index < -0.39 is 72.3 Å². The van der Waals surface area contributed by atoms with Crippen molar-refractivity contribution in [3.8, 4) is 5.75 Å². The Morgan fingerprint density at radius 3 is 2.33 bits per heavy atom. The summed E-state index contributed by atoms with van der Waals surface area (Å²) in [6.07, 6.45) is -7.79. The molecule has 228 valence electrons. The van der Waals surface area contributed by atoms with Gasteiger partial charge >= 0.3 is 11.9 Å². The molecule has 0 spiro atoms. The number of aliphatic hydroxyl groups is 3. The Kier molecular flexibility index (Phi) is 10.7. The van der Waals surface area contributed by atoms with E-state index in [1.165, 1.54) is 25.1 Å². The van der Waals surface area contributed by atoms with Crippen molar-refractivity contribution in [2.75, 3.05) is 18.4 Å². The molecule has 0 saturated carbocycles. The van der Waals surface area contributed by atoms with E-state index in [1.54, 1.807) is 0 Å². The fourth-order valence-electron chi connectivity index (χ4n) is 4.01. The number of nitrogens with zero attached hydrogens (tertiary/aromatic N) is 1. The van der Waals surface area contributed by atoms with Gasteiger partial charge in [0.15, 0.2) is 6.10 Å². The first-order valence-electron chi connectivity index (χ1n) is 12.5. The molecule has 17 nitrogen and oxygen atoms in total. The minimum absolute atomic E-state index is 0.0431. The van der Waals surface area contributed by atoms with Gasteiger partial charge in [0.25, 0.3) is 11.8 Å². The predicted octanol–water partition coefficient (Wildman–Crippen LogP) is -3.28. The standard InChI is InChI=1S/C25H30N4O13/c1-11(30)40-10-12-2-3-15(41-25-21(36)19(34)20(35)22(42-25)24(38)39)13(8-12)28-16(31)6-7-27-23(37)14(9-26)29-17(32)4-5-18(29)33/h2-5,8,14,19-22,25,34-36H,6-7,9-10,26H2,1H3,(H,27,37)(H,28,31)(H,38,39)/t14?,19-,20-,21+,22-,25+/m1/s1. The summed E-state index contributed by atoms with van der Waals surface area (Å²) in [4.78, 5) is 72.3. The average molecular weight is 595 g/mol. The highest BCUT2D eigenvalue weighted by atomic mass is 16.7. The van der Waals surface area contributed by atoms with Crippen LogP contribution in [-0.4, -0.2) is 111 Å². The van der Waals surface area contributed by atoms with Crippen molar-refractivity contribution in [3.63, 3.8) is 0 Å². The number of benzene rings is 1. The number of anilines is 1. The Morgan fingerprint density at radius 1 is 1.07 bits per heavy atom. The van der Waals surface area contributed by atoms with Crippen LogP contribution in [0.25, 0.3) is 0 Å². The molecule has 1 saturated heterocycles. The Balaban J connectivity index is 1.70. The van der Waals surface area contributed by atoms with Crippen LogP contribution in [0.15, 0.2) is 30.4 Å². The van der Waals surface area contributed by atoms with Gasteiger partial charge in [0.2, 0.25) is 18.1 Å². The molecule has 17 heteroatoms. The molecular weight excluding hydrogens is 564 g/mol. The topological polar surface area (TPSA) is 264 Å². The number of aliphatic hydroxyl groups excluding tert-OH is 3. The lowest BCUT2D eigenvalue weighted by molar-refractivity contribution is -0.271. The lowest BCUT2D eigenvalue weighted by Crippen LogP contribution is -2.61. The van der Waals surface area contributed by atoms with Crippen molar-refractivity contribution in [3.05, 3.63) is 35.9 Å². The van der Waals surface area contributed by atoms with Gasteiger partial charge in [-0.2, -0.15) is 0 Å². The van der Waals surface area contributed by atoms with Crippen molar-refractivity contribution in [2.24, 2.45) is 5.73 Å². The van der Waals surface area contributed by atoms with E-state index in [0.29, 0.717) is 10.5 Å². The van der Waals surface area contributed by atoms with Gasteiger partial charge in [-0.15, -0.1) is 0 Å². The lowest BCUT2D eigenvalue weighted by Gasteiger charge is -2.38. The number of esters is 1. The van der Waals surface area contributed by atoms with Crippen LogP contribution in [0.3, 0.4) is 0 Å². The van der Waals surface area contributed by atoms with Crippen molar-refractivity contribution < 1.29 is 63.4 Å². The van der Waals surface area contributed by atoms with Gasteiger partial charge in [0, 0.05) is 38.6 Å². The number of ether oxygens (including phenoxy) is 3. The number of nitrogens with two attached hydrogens (primary N) is 1. The van der Waals surface area contributed by atoms with Gasteiger partial charge in [0.05, 0.1) is 5.69 Å². The fraction of sp³-hybridized carbons (Fsp3) is 0.440. The summed E-state index contributed by atoms with van der Waals surface area (Å²) >= 11 is 0. The normalized spacial score (nSPS) is 24.2. The number of imide groups is 1. The molecule has 0 aromatic heterocycles. The van der Waals surface area contributed by atoms with Crippen LogP contribution in [0.2, 0.25) is 0 Å².